The lowest BCUT2D eigenvalue weighted by Crippen LogP contribution is -2.17. The van der Waals surface area contributed by atoms with E-state index in [1.165, 1.54) is 0 Å². The van der Waals surface area contributed by atoms with Crippen molar-refractivity contribution in [2.24, 2.45) is 0 Å². The Hall–Kier alpha value is -1.85. The van der Waals surface area contributed by atoms with Gasteiger partial charge in [-0.15, -0.1) is 11.8 Å². The molecule has 0 aromatic heterocycles. The third-order valence-corrected chi connectivity index (χ3v) is 4.48. The lowest BCUT2D eigenvalue weighted by molar-refractivity contribution is -0.115. The van der Waals surface area contributed by atoms with Crippen molar-refractivity contribution >= 4 is 35.0 Å². The largest absolute Gasteiger partial charge is 0.486 e. The highest BCUT2D eigenvalue weighted by Gasteiger charge is 2.18. The molecule has 1 aliphatic heterocycles. The van der Waals surface area contributed by atoms with Gasteiger partial charge in [0, 0.05) is 4.90 Å². The van der Waals surface area contributed by atoms with Crippen molar-refractivity contribution in [1.82, 2.24) is 0 Å². The zero-order valence-corrected chi connectivity index (χ0v) is 14.2. The molecular formula is C17H16ClNO3S. The standard InChI is InChI=1S/C17H16ClNO3S/c1-23-15-5-3-2-4-13(15)19-16(20)10-11-8-12(18)17-14(9-11)21-6-7-22-17/h2-5,8-9H,6-7,10H2,1H3,(H,19,20). The summed E-state index contributed by atoms with van der Waals surface area (Å²) in [7, 11) is 0. The van der Waals surface area contributed by atoms with Gasteiger partial charge in [-0.25, -0.2) is 0 Å². The van der Waals surface area contributed by atoms with Crippen molar-refractivity contribution in [2.45, 2.75) is 11.3 Å². The normalized spacial score (nSPS) is 12.8. The minimum Gasteiger partial charge on any atom is -0.486 e. The maximum atomic E-state index is 12.3. The van der Waals surface area contributed by atoms with E-state index in [1.807, 2.05) is 30.5 Å². The Labute approximate surface area is 144 Å². The number of fused-ring (bicyclic) bond motifs is 1. The second-order valence-electron chi connectivity index (χ2n) is 5.03. The highest BCUT2D eigenvalue weighted by molar-refractivity contribution is 7.98. The molecule has 0 saturated heterocycles. The molecule has 1 aliphatic rings. The lowest BCUT2D eigenvalue weighted by atomic mass is 10.1. The Kier molecular flexibility index (Phi) is 4.98. The van der Waals surface area contributed by atoms with E-state index in [0.717, 1.165) is 16.1 Å². The summed E-state index contributed by atoms with van der Waals surface area (Å²) >= 11 is 7.79. The van der Waals surface area contributed by atoms with Crippen LogP contribution in [0.5, 0.6) is 11.5 Å². The molecule has 0 unspecified atom stereocenters. The molecule has 0 saturated carbocycles. The first-order valence-corrected chi connectivity index (χ1v) is 8.78. The predicted octanol–water partition coefficient (Wildman–Crippen LogP) is 4.01. The Morgan fingerprint density at radius 1 is 1.26 bits per heavy atom. The van der Waals surface area contributed by atoms with E-state index in [1.54, 1.807) is 23.9 Å². The second kappa shape index (κ2) is 7.15. The summed E-state index contributed by atoms with van der Waals surface area (Å²) in [5, 5.41) is 3.40. The van der Waals surface area contributed by atoms with Gasteiger partial charge in [0.1, 0.15) is 13.2 Å². The molecule has 2 aromatic carbocycles. The van der Waals surface area contributed by atoms with Gasteiger partial charge in [-0.3, -0.25) is 4.79 Å². The monoisotopic (exact) mass is 349 g/mol. The fraction of sp³-hybridized carbons (Fsp3) is 0.235. The molecule has 0 bridgehead atoms. The number of carbonyl (C=O) groups is 1. The van der Waals surface area contributed by atoms with Crippen molar-refractivity contribution in [3.8, 4) is 11.5 Å². The number of ether oxygens (including phenoxy) is 2. The SMILES string of the molecule is CSc1ccccc1NC(=O)Cc1cc(Cl)c2c(c1)OCCO2. The molecule has 1 heterocycles. The zero-order chi connectivity index (χ0) is 16.2. The van der Waals surface area contributed by atoms with E-state index >= 15 is 0 Å². The lowest BCUT2D eigenvalue weighted by Gasteiger charge is -2.20. The Morgan fingerprint density at radius 3 is 2.87 bits per heavy atom. The number of thioether (sulfide) groups is 1. The minimum atomic E-state index is -0.0979. The molecule has 6 heteroatoms. The molecule has 2 aromatic rings. The second-order valence-corrected chi connectivity index (χ2v) is 6.28. The van der Waals surface area contributed by atoms with Crippen molar-refractivity contribution in [2.75, 3.05) is 24.8 Å². The van der Waals surface area contributed by atoms with Crippen LogP contribution >= 0.6 is 23.4 Å². The van der Waals surface area contributed by atoms with Gasteiger partial charge in [0.25, 0.3) is 0 Å². The van der Waals surface area contributed by atoms with E-state index in [0.29, 0.717) is 29.7 Å². The third kappa shape index (κ3) is 3.74. The highest BCUT2D eigenvalue weighted by Crippen LogP contribution is 2.38. The number of hydrogen-bond acceptors (Lipinski definition) is 4. The quantitative estimate of drug-likeness (QED) is 0.847. The first-order chi connectivity index (χ1) is 11.2. The zero-order valence-electron chi connectivity index (χ0n) is 12.6. The highest BCUT2D eigenvalue weighted by atomic mass is 35.5. The van der Waals surface area contributed by atoms with Crippen LogP contribution in [0.15, 0.2) is 41.3 Å². The molecule has 3 rings (SSSR count). The summed E-state index contributed by atoms with van der Waals surface area (Å²) in [5.74, 6) is 1.05. The molecule has 1 N–H and O–H groups in total. The van der Waals surface area contributed by atoms with Crippen LogP contribution in [0, 0.1) is 0 Å². The number of nitrogens with one attached hydrogen (secondary N) is 1. The smallest absolute Gasteiger partial charge is 0.228 e. The summed E-state index contributed by atoms with van der Waals surface area (Å²) in [4.78, 5) is 13.3. The van der Waals surface area contributed by atoms with E-state index in [-0.39, 0.29) is 12.3 Å². The Balaban J connectivity index is 1.74. The van der Waals surface area contributed by atoms with Crippen LogP contribution in [0.1, 0.15) is 5.56 Å². The maximum absolute atomic E-state index is 12.3. The molecule has 0 radical (unpaired) electrons. The molecule has 0 aliphatic carbocycles. The molecule has 23 heavy (non-hydrogen) atoms. The average molecular weight is 350 g/mol. The number of para-hydroxylation sites is 1. The van der Waals surface area contributed by atoms with E-state index in [9.17, 15) is 4.79 Å². The molecular weight excluding hydrogens is 334 g/mol. The number of anilines is 1. The predicted molar refractivity (Wildman–Crippen MR) is 93.0 cm³/mol. The van der Waals surface area contributed by atoms with E-state index < -0.39 is 0 Å². The van der Waals surface area contributed by atoms with E-state index in [4.69, 9.17) is 21.1 Å². The van der Waals surface area contributed by atoms with Gasteiger partial charge in [0.2, 0.25) is 5.91 Å². The van der Waals surface area contributed by atoms with Gasteiger partial charge in [0.05, 0.1) is 17.1 Å². The maximum Gasteiger partial charge on any atom is 0.228 e. The number of benzene rings is 2. The van der Waals surface area contributed by atoms with Crippen LogP contribution in [-0.2, 0) is 11.2 Å². The summed E-state index contributed by atoms with van der Waals surface area (Å²) in [6, 6.07) is 11.3. The minimum absolute atomic E-state index is 0.0979. The van der Waals surface area contributed by atoms with Crippen LogP contribution in [-0.4, -0.2) is 25.4 Å². The van der Waals surface area contributed by atoms with Crippen molar-refractivity contribution in [3.63, 3.8) is 0 Å². The van der Waals surface area contributed by atoms with Gasteiger partial charge < -0.3 is 14.8 Å². The van der Waals surface area contributed by atoms with Gasteiger partial charge in [-0.2, -0.15) is 0 Å². The average Bonchev–Trinajstić information content (AvgIpc) is 2.55. The first-order valence-electron chi connectivity index (χ1n) is 7.18. The van der Waals surface area contributed by atoms with Crippen molar-refractivity contribution in [3.05, 3.63) is 47.0 Å². The van der Waals surface area contributed by atoms with Crippen LogP contribution in [0.25, 0.3) is 0 Å². The molecule has 0 fully saturated rings. The summed E-state index contributed by atoms with van der Waals surface area (Å²) < 4.78 is 11.0. The first kappa shape index (κ1) is 16.0. The molecule has 120 valence electrons. The molecule has 4 nitrogen and oxygen atoms in total. The van der Waals surface area contributed by atoms with Gasteiger partial charge >= 0.3 is 0 Å². The number of hydrogen-bond donors (Lipinski definition) is 1. The van der Waals surface area contributed by atoms with Crippen molar-refractivity contribution in [1.29, 1.82) is 0 Å². The van der Waals surface area contributed by atoms with Crippen LogP contribution in [0.2, 0.25) is 5.02 Å². The number of rotatable bonds is 4. The fourth-order valence-corrected chi connectivity index (χ4v) is 3.24. The number of carbonyl (C=O) groups excluding carboxylic acids is 1. The van der Waals surface area contributed by atoms with Crippen LogP contribution < -0.4 is 14.8 Å². The summed E-state index contributed by atoms with van der Waals surface area (Å²) in [6.07, 6.45) is 2.20. The van der Waals surface area contributed by atoms with Gasteiger partial charge in [0.15, 0.2) is 11.5 Å². The van der Waals surface area contributed by atoms with E-state index in [2.05, 4.69) is 5.32 Å². The molecule has 0 atom stereocenters. The Morgan fingerprint density at radius 2 is 2.04 bits per heavy atom. The topological polar surface area (TPSA) is 47.6 Å². The fourth-order valence-electron chi connectivity index (χ4n) is 2.39. The van der Waals surface area contributed by atoms with Gasteiger partial charge in [-0.1, -0.05) is 23.7 Å². The van der Waals surface area contributed by atoms with Crippen molar-refractivity contribution < 1.29 is 14.3 Å². The number of halogens is 1. The summed E-state index contributed by atoms with van der Waals surface area (Å²) in [6.45, 7) is 0.970. The van der Waals surface area contributed by atoms with Gasteiger partial charge in [-0.05, 0) is 36.1 Å². The summed E-state index contributed by atoms with van der Waals surface area (Å²) in [5.41, 5.74) is 1.60. The third-order valence-electron chi connectivity index (χ3n) is 3.40. The number of amides is 1. The molecule has 1 amide bonds. The Bertz CT molecular complexity index is 736. The van der Waals surface area contributed by atoms with Crippen LogP contribution in [0.3, 0.4) is 0 Å². The molecule has 0 spiro atoms. The van der Waals surface area contributed by atoms with Crippen LogP contribution in [0.4, 0.5) is 5.69 Å².